The van der Waals surface area contributed by atoms with Gasteiger partial charge in [0.2, 0.25) is 0 Å². The van der Waals surface area contributed by atoms with Gasteiger partial charge < -0.3 is 30.6 Å². The van der Waals surface area contributed by atoms with E-state index < -0.39 is 34.9 Å². The van der Waals surface area contributed by atoms with Crippen molar-refractivity contribution < 1.29 is 56.7 Å². The number of hydrogen-bond acceptors (Lipinski definition) is 8. The Hall–Kier alpha value is -5.41. The van der Waals surface area contributed by atoms with E-state index in [0.29, 0.717) is 35.1 Å². The summed E-state index contributed by atoms with van der Waals surface area (Å²) in [5.41, 5.74) is 9.10. The molecule has 0 radical (unpaired) electrons. The molecule has 0 amide bonds. The van der Waals surface area contributed by atoms with Crippen LogP contribution in [0.25, 0.3) is 0 Å². The van der Waals surface area contributed by atoms with Crippen LogP contribution in [0, 0.1) is 13.8 Å². The Kier molecular flexibility index (Phi) is 39.3. The zero-order valence-electron chi connectivity index (χ0n) is 49.8. The van der Waals surface area contributed by atoms with Crippen molar-refractivity contribution >= 4 is 35.2 Å². The summed E-state index contributed by atoms with van der Waals surface area (Å²) in [4.78, 5) is 31.8. The molecule has 0 spiro atoms. The van der Waals surface area contributed by atoms with Crippen LogP contribution in [0.5, 0.6) is 23.0 Å². The Labute approximate surface area is 487 Å². The van der Waals surface area contributed by atoms with Crippen molar-refractivity contribution in [2.75, 3.05) is 0 Å². The summed E-state index contributed by atoms with van der Waals surface area (Å²) in [6.07, 6.45) is 44.4. The van der Waals surface area contributed by atoms with Gasteiger partial charge in [0, 0.05) is 6.21 Å². The zero-order chi connectivity index (χ0) is 57.5. The molecule has 0 saturated carbocycles. The van der Waals surface area contributed by atoms with Crippen LogP contribution < -0.4 is 10.2 Å². The van der Waals surface area contributed by atoms with Crippen LogP contribution in [-0.4, -0.2) is 44.3 Å². The average Bonchev–Trinajstić information content (AvgIpc) is 3.44. The molecule has 0 saturated heterocycles. The number of hydrogen-bond donors (Lipinski definition) is 4. The van der Waals surface area contributed by atoms with E-state index in [4.69, 9.17) is 20.2 Å². The van der Waals surface area contributed by atoms with Gasteiger partial charge in [0.15, 0.2) is 0 Å². The molecule has 4 N–H and O–H groups in total. The Morgan fingerprint density at radius 2 is 0.937 bits per heavy atom. The van der Waals surface area contributed by atoms with Crippen LogP contribution >= 0.6 is 0 Å². The molecule has 4 rings (SSSR count). The number of carboxylic acids is 2. The maximum atomic E-state index is 11.3. The number of aryl methyl sites for hydroxylation is 5. The summed E-state index contributed by atoms with van der Waals surface area (Å²) in [7, 11) is 0. The number of phenolic OH excluding ortho intramolecular Hbond substituents is 2. The maximum Gasteiger partial charge on any atom is 2.00 e. The number of phenols is 2. The van der Waals surface area contributed by atoms with Crippen molar-refractivity contribution in [3.63, 3.8) is 0 Å². The second-order valence-corrected chi connectivity index (χ2v) is 21.0. The van der Waals surface area contributed by atoms with Crippen LogP contribution in [0.3, 0.4) is 0 Å². The van der Waals surface area contributed by atoms with Gasteiger partial charge in [-0.1, -0.05) is 199 Å². The summed E-state index contributed by atoms with van der Waals surface area (Å²) in [5.74, 6) is -5.19. The van der Waals surface area contributed by atoms with Gasteiger partial charge in [-0.15, -0.1) is 0 Å². The first-order chi connectivity index (χ1) is 37.7. The molecule has 4 aromatic rings. The van der Waals surface area contributed by atoms with E-state index in [2.05, 4.69) is 88.5 Å². The van der Waals surface area contributed by atoms with Gasteiger partial charge in [0.25, 0.3) is 0 Å². The minimum Gasteiger partial charge on any atom is -0.869 e. The number of nitrogens with zero attached hydrogens (tertiary/aromatic N) is 2. The van der Waals surface area contributed by atoms with Crippen molar-refractivity contribution in [3.05, 3.63) is 117 Å². The number of unbranched alkanes of at least 4 members (excludes halogenated alkanes) is 19. The van der Waals surface area contributed by atoms with Crippen molar-refractivity contribution in [2.45, 2.75) is 248 Å². The number of aliphatic imine (C=N–C) groups is 2. The second-order valence-electron chi connectivity index (χ2n) is 21.0. The molecule has 4 aromatic carbocycles. The second kappa shape index (κ2) is 43.4. The molecule has 0 fully saturated rings. The number of aromatic carboxylic acids is 2. The van der Waals surface area contributed by atoms with E-state index in [0.717, 1.165) is 62.0 Å². The number of rotatable bonds is 36. The molecule has 0 aliphatic carbocycles. The molecule has 0 bridgehead atoms. The van der Waals surface area contributed by atoms with E-state index in [1.807, 2.05) is 0 Å². The summed E-state index contributed by atoms with van der Waals surface area (Å²) >= 11 is 0. The summed E-state index contributed by atoms with van der Waals surface area (Å²) < 4.78 is 0. The molecule has 79 heavy (non-hydrogen) atoms. The SMILES string of the molecule is CCCCCCCCCCCCCCCCCC=CCCCc1ccccc1N=C(C=Nc1cc(CCCC)cc(CCCC)c1)CCCC.CCc1c(C)cc(O)c([O-])c1C(=O)O.CCc1c(C)cc(O)c([O-])c1C(=O)O.[Ni+2]. The van der Waals surface area contributed by atoms with E-state index >= 15 is 0 Å². The molecule has 0 atom stereocenters. The van der Waals surface area contributed by atoms with Crippen LogP contribution in [0.15, 0.2) is 76.7 Å². The molecular formula is C68H100N2NiO8. The van der Waals surface area contributed by atoms with Crippen molar-refractivity contribution in [1.82, 2.24) is 0 Å². The normalized spacial score (nSPS) is 11.3. The van der Waals surface area contributed by atoms with Crippen LogP contribution in [0.2, 0.25) is 0 Å². The first-order valence-electron chi connectivity index (χ1n) is 30.2. The van der Waals surface area contributed by atoms with E-state index in [1.54, 1.807) is 27.7 Å². The summed E-state index contributed by atoms with van der Waals surface area (Å²) in [6.45, 7) is 16.0. The Morgan fingerprint density at radius 1 is 0.519 bits per heavy atom. The Balaban J connectivity index is 0.000000865. The van der Waals surface area contributed by atoms with Crippen molar-refractivity contribution in [3.8, 4) is 23.0 Å². The number of allylic oxidation sites excluding steroid dienone is 2. The zero-order valence-corrected chi connectivity index (χ0v) is 50.8. The summed E-state index contributed by atoms with van der Waals surface area (Å²) in [6, 6.07) is 18.3. The molecule has 0 aliphatic heterocycles. The molecule has 0 aromatic heterocycles. The Morgan fingerprint density at radius 3 is 1.37 bits per heavy atom. The predicted molar refractivity (Wildman–Crippen MR) is 324 cm³/mol. The fourth-order valence-electron chi connectivity index (χ4n) is 9.79. The first-order valence-corrected chi connectivity index (χ1v) is 30.2. The van der Waals surface area contributed by atoms with Gasteiger partial charge in [0.05, 0.1) is 28.2 Å². The van der Waals surface area contributed by atoms with Gasteiger partial charge in [-0.2, -0.15) is 0 Å². The summed E-state index contributed by atoms with van der Waals surface area (Å²) in [5, 5.41) is 58.6. The third-order valence-corrected chi connectivity index (χ3v) is 14.4. The van der Waals surface area contributed by atoms with Crippen molar-refractivity contribution in [1.29, 1.82) is 0 Å². The quantitative estimate of drug-likeness (QED) is 0.0150. The Bertz CT molecular complexity index is 2340. The number of para-hydroxylation sites is 1. The average molecular weight is 1130 g/mol. The molecule has 11 heteroatoms. The fourth-order valence-corrected chi connectivity index (χ4v) is 9.79. The van der Waals surface area contributed by atoms with E-state index in [-0.39, 0.29) is 27.6 Å². The van der Waals surface area contributed by atoms with E-state index in [1.165, 1.54) is 164 Å². The van der Waals surface area contributed by atoms with Gasteiger partial charge in [-0.3, -0.25) is 9.98 Å². The largest absolute Gasteiger partial charge is 2.00 e. The number of carbonyl (C=O) groups is 2. The first kappa shape index (κ1) is 71.6. The monoisotopic (exact) mass is 1130 g/mol. The minimum atomic E-state index is -1.29. The third-order valence-electron chi connectivity index (χ3n) is 14.4. The van der Waals surface area contributed by atoms with Gasteiger partial charge in [-0.25, -0.2) is 9.59 Å². The minimum absolute atomic E-state index is 0. The fraction of sp³-hybridized carbons (Fsp3) is 0.559. The van der Waals surface area contributed by atoms with Crippen LogP contribution in [-0.2, 0) is 48.6 Å². The van der Waals surface area contributed by atoms with Gasteiger partial charge in [-0.05, 0) is 167 Å². The molecule has 0 aliphatic rings. The van der Waals surface area contributed by atoms with E-state index in [9.17, 15) is 30.0 Å². The predicted octanol–water partition coefficient (Wildman–Crippen LogP) is 18.2. The third kappa shape index (κ3) is 28.5. The number of carboxylic acid groups (broad SMARTS) is 2. The standard InChI is InChI=1S/C48H78N2.2C10H12O4.Ni/c1-5-9-13-14-15-16-17-18-19-20-21-22-23-24-25-26-27-28-29-30-35-45-36-31-32-38-48(45)50-46(37-12-8-4)42-49-47-40-43(33-10-6-2)39-44(41-47)34-11-7-3;2*1-3-6-5(2)4-7(11)9(12)8(6)10(13)14;/h27-28,31-32,36,38-42H,5-26,29-30,33-35,37H2,1-4H3;2*4,11-12H,3H2,1-2H3,(H,13,14);/q;;;+2/p-2. The van der Waals surface area contributed by atoms with Gasteiger partial charge >= 0.3 is 28.4 Å². The topological polar surface area (TPSA) is 186 Å². The molecule has 0 unspecified atom stereocenters. The molecule has 10 nitrogen and oxygen atoms in total. The molecule has 440 valence electrons. The smallest absolute Gasteiger partial charge is 0.869 e. The van der Waals surface area contributed by atoms with Gasteiger partial charge in [0.1, 0.15) is 11.5 Å². The molecular weight excluding hydrogens is 1030 g/mol. The van der Waals surface area contributed by atoms with Crippen molar-refractivity contribution in [2.24, 2.45) is 9.98 Å². The molecule has 0 heterocycles. The number of aromatic hydroxyl groups is 2. The maximum absolute atomic E-state index is 11.3. The van der Waals surface area contributed by atoms with Crippen LogP contribution in [0.1, 0.15) is 262 Å². The van der Waals surface area contributed by atoms with Crippen LogP contribution in [0.4, 0.5) is 11.4 Å². The number of benzene rings is 4.